The molecule has 0 saturated heterocycles. The molecule has 6 heteroatoms. The first kappa shape index (κ1) is 10.6. The van der Waals surface area contributed by atoms with Crippen LogP contribution in [0.3, 0.4) is 0 Å². The fourth-order valence-corrected chi connectivity index (χ4v) is 2.07. The largest absolute Gasteiger partial charge is 0.264 e. The van der Waals surface area contributed by atoms with Gasteiger partial charge in [-0.3, -0.25) is 10.1 Å². The maximum absolute atomic E-state index is 11.2. The minimum Gasteiger partial charge on any atom is -0.264 e. The predicted octanol–water partition coefficient (Wildman–Crippen LogP) is 0.867. The zero-order valence-electron chi connectivity index (χ0n) is 7.50. The molecule has 0 spiro atoms. The molecule has 1 aromatic carbocycles. The summed E-state index contributed by atoms with van der Waals surface area (Å²) >= 11 is 0. The van der Waals surface area contributed by atoms with Crippen molar-refractivity contribution in [1.29, 1.82) is 0 Å². The van der Waals surface area contributed by atoms with Crippen molar-refractivity contribution in [2.45, 2.75) is 11.4 Å². The first-order chi connectivity index (χ1) is 6.41. The number of hydrogen-bond donors (Lipinski definition) is 0. The van der Waals surface area contributed by atoms with Crippen molar-refractivity contribution in [2.75, 3.05) is 6.26 Å². The van der Waals surface area contributed by atoms with E-state index >= 15 is 0 Å². The molecule has 1 rings (SSSR count). The Morgan fingerprint density at radius 3 is 2.43 bits per heavy atom. The van der Waals surface area contributed by atoms with Crippen molar-refractivity contribution in [3.8, 4) is 0 Å². The summed E-state index contributed by atoms with van der Waals surface area (Å²) in [7, 11) is -3.38. The SMILES string of the molecule is CS(=O)(=O)c1ccccc1C[N+](=O)[O-]. The molecule has 1 aromatic rings. The summed E-state index contributed by atoms with van der Waals surface area (Å²) < 4.78 is 22.4. The van der Waals surface area contributed by atoms with E-state index in [1.807, 2.05) is 0 Å². The molecule has 0 unspecified atom stereocenters. The standard InChI is InChI=1S/C8H9NO4S/c1-14(12,13)8-5-3-2-4-7(8)6-9(10)11/h2-5H,6H2,1H3. The van der Waals surface area contributed by atoms with E-state index in [0.717, 1.165) is 6.26 Å². The van der Waals surface area contributed by atoms with E-state index in [1.54, 1.807) is 12.1 Å². The molecule has 0 heterocycles. The normalized spacial score (nSPS) is 11.2. The molecule has 0 aliphatic heterocycles. The summed E-state index contributed by atoms with van der Waals surface area (Å²) in [6, 6.07) is 5.93. The Morgan fingerprint density at radius 2 is 1.93 bits per heavy atom. The Balaban J connectivity index is 3.23. The first-order valence-electron chi connectivity index (χ1n) is 3.81. The smallest absolute Gasteiger partial charge is 0.230 e. The zero-order chi connectivity index (χ0) is 10.8. The van der Waals surface area contributed by atoms with Gasteiger partial charge in [0.1, 0.15) is 0 Å². The molecule has 76 valence electrons. The molecule has 0 aliphatic carbocycles. The van der Waals surface area contributed by atoms with Gasteiger partial charge in [-0.1, -0.05) is 18.2 Å². The lowest BCUT2D eigenvalue weighted by atomic mass is 10.2. The van der Waals surface area contributed by atoms with Gasteiger partial charge in [0.25, 0.3) is 0 Å². The highest BCUT2D eigenvalue weighted by Crippen LogP contribution is 2.15. The number of nitro groups is 1. The van der Waals surface area contributed by atoms with Crippen LogP contribution in [0.1, 0.15) is 5.56 Å². The third-order valence-corrected chi connectivity index (χ3v) is 2.87. The van der Waals surface area contributed by atoms with Crippen LogP contribution >= 0.6 is 0 Å². The van der Waals surface area contributed by atoms with Crippen molar-refractivity contribution in [3.05, 3.63) is 39.9 Å². The highest BCUT2D eigenvalue weighted by molar-refractivity contribution is 7.90. The van der Waals surface area contributed by atoms with Gasteiger partial charge in [0.15, 0.2) is 9.84 Å². The lowest BCUT2D eigenvalue weighted by molar-refractivity contribution is -0.497. The summed E-state index contributed by atoms with van der Waals surface area (Å²) in [6.45, 7) is -0.469. The van der Waals surface area contributed by atoms with E-state index in [0.29, 0.717) is 0 Å². The van der Waals surface area contributed by atoms with Crippen molar-refractivity contribution >= 4 is 9.84 Å². The van der Waals surface area contributed by atoms with Crippen LogP contribution < -0.4 is 0 Å². The van der Waals surface area contributed by atoms with Gasteiger partial charge in [-0.15, -0.1) is 0 Å². The van der Waals surface area contributed by atoms with Crippen LogP contribution in [-0.4, -0.2) is 19.6 Å². The lowest BCUT2D eigenvalue weighted by Gasteiger charge is -2.02. The highest BCUT2D eigenvalue weighted by Gasteiger charge is 2.15. The number of rotatable bonds is 3. The van der Waals surface area contributed by atoms with Crippen molar-refractivity contribution in [1.82, 2.24) is 0 Å². The summed E-state index contributed by atoms with van der Waals surface area (Å²) in [6.07, 6.45) is 1.03. The fraction of sp³-hybridized carbons (Fsp3) is 0.250. The van der Waals surface area contributed by atoms with E-state index in [4.69, 9.17) is 0 Å². The third-order valence-electron chi connectivity index (χ3n) is 1.67. The average molecular weight is 215 g/mol. The Morgan fingerprint density at radius 1 is 1.36 bits per heavy atom. The van der Waals surface area contributed by atoms with Gasteiger partial charge in [-0.2, -0.15) is 0 Å². The topological polar surface area (TPSA) is 77.3 Å². The summed E-state index contributed by atoms with van der Waals surface area (Å²) in [5, 5.41) is 10.3. The molecule has 0 fully saturated rings. The van der Waals surface area contributed by atoms with Gasteiger partial charge in [0.2, 0.25) is 6.54 Å². The molecule has 14 heavy (non-hydrogen) atoms. The summed E-state index contributed by atoms with van der Waals surface area (Å²) in [4.78, 5) is 9.73. The zero-order valence-corrected chi connectivity index (χ0v) is 8.32. The molecule has 0 bridgehead atoms. The number of nitrogens with zero attached hydrogens (tertiary/aromatic N) is 1. The van der Waals surface area contributed by atoms with Crippen LogP contribution in [0.5, 0.6) is 0 Å². The van der Waals surface area contributed by atoms with Crippen LogP contribution in [0.25, 0.3) is 0 Å². The van der Waals surface area contributed by atoms with Crippen LogP contribution in [0, 0.1) is 10.1 Å². The quantitative estimate of drug-likeness (QED) is 0.553. The highest BCUT2D eigenvalue weighted by atomic mass is 32.2. The average Bonchev–Trinajstić information content (AvgIpc) is 2.01. The Kier molecular flexibility index (Phi) is 2.85. The molecule has 5 nitrogen and oxygen atoms in total. The number of hydrogen-bond acceptors (Lipinski definition) is 4. The van der Waals surface area contributed by atoms with Gasteiger partial charge in [-0.25, -0.2) is 8.42 Å². The molecule has 0 saturated carbocycles. The van der Waals surface area contributed by atoms with Gasteiger partial charge >= 0.3 is 0 Å². The number of benzene rings is 1. The number of sulfone groups is 1. The van der Waals surface area contributed by atoms with Crippen LogP contribution in [0.2, 0.25) is 0 Å². The van der Waals surface area contributed by atoms with E-state index in [1.165, 1.54) is 12.1 Å². The minimum atomic E-state index is -3.38. The second-order valence-corrected chi connectivity index (χ2v) is 4.85. The maximum atomic E-state index is 11.2. The summed E-state index contributed by atoms with van der Waals surface area (Å²) in [5.74, 6) is 0. The molecule has 0 aromatic heterocycles. The monoisotopic (exact) mass is 215 g/mol. The third kappa shape index (κ3) is 2.53. The van der Waals surface area contributed by atoms with Gasteiger partial charge in [-0.05, 0) is 6.07 Å². The molecule has 0 N–H and O–H groups in total. The minimum absolute atomic E-state index is 0.0247. The van der Waals surface area contributed by atoms with Crippen LogP contribution in [-0.2, 0) is 16.4 Å². The second kappa shape index (κ2) is 3.75. The molecule has 0 atom stereocenters. The van der Waals surface area contributed by atoms with Gasteiger partial charge < -0.3 is 0 Å². The van der Waals surface area contributed by atoms with Crippen LogP contribution in [0.4, 0.5) is 0 Å². The molecular formula is C8H9NO4S. The maximum Gasteiger partial charge on any atom is 0.230 e. The Hall–Kier alpha value is -1.43. The van der Waals surface area contributed by atoms with E-state index in [9.17, 15) is 18.5 Å². The van der Waals surface area contributed by atoms with E-state index < -0.39 is 21.3 Å². The van der Waals surface area contributed by atoms with Crippen molar-refractivity contribution in [3.63, 3.8) is 0 Å². The van der Waals surface area contributed by atoms with E-state index in [2.05, 4.69) is 0 Å². The fourth-order valence-electron chi connectivity index (χ4n) is 1.14. The van der Waals surface area contributed by atoms with Crippen molar-refractivity contribution in [2.24, 2.45) is 0 Å². The van der Waals surface area contributed by atoms with Gasteiger partial charge in [0, 0.05) is 16.7 Å². The Bertz CT molecular complexity index is 452. The van der Waals surface area contributed by atoms with Crippen molar-refractivity contribution < 1.29 is 13.3 Å². The molecule has 0 aliphatic rings. The van der Waals surface area contributed by atoms with E-state index in [-0.39, 0.29) is 10.5 Å². The van der Waals surface area contributed by atoms with Gasteiger partial charge in [0.05, 0.1) is 4.90 Å². The second-order valence-electron chi connectivity index (χ2n) is 2.87. The molecule has 0 radical (unpaired) electrons. The summed E-state index contributed by atoms with van der Waals surface area (Å²) in [5.41, 5.74) is 0.222. The lowest BCUT2D eigenvalue weighted by Crippen LogP contribution is -2.06. The predicted molar refractivity (Wildman–Crippen MR) is 50.3 cm³/mol. The van der Waals surface area contributed by atoms with Crippen LogP contribution in [0.15, 0.2) is 29.2 Å². The molecule has 0 amide bonds. The molecular weight excluding hydrogens is 206 g/mol. The Labute approximate surface area is 81.4 Å². The first-order valence-corrected chi connectivity index (χ1v) is 5.70.